The molecule has 2 heterocycles. The number of rotatable bonds is 6. The summed E-state index contributed by atoms with van der Waals surface area (Å²) in [4.78, 5) is 22.3. The monoisotopic (exact) mass is 344 g/mol. The van der Waals surface area contributed by atoms with Gasteiger partial charge in [-0.25, -0.2) is 4.68 Å². The van der Waals surface area contributed by atoms with E-state index in [1.54, 1.807) is 23.0 Å². The number of nitro groups is 1. The summed E-state index contributed by atoms with van der Waals surface area (Å²) in [6, 6.07) is 6.59. The first-order valence-corrected chi connectivity index (χ1v) is 8.27. The van der Waals surface area contributed by atoms with E-state index in [0.717, 1.165) is 31.5 Å². The zero-order valence-electron chi connectivity index (χ0n) is 13.7. The standard InChI is InChI=1S/C16H20N6O3/c23-16(15-11-21(20-19-15)13-6-8-17-9-7-13)18-10-5-12-1-3-14(4-2-12)22(24)25/h1-4,11,13,17H,5-10H2,(H,18,23). The van der Waals surface area contributed by atoms with Crippen LogP contribution in [0, 0.1) is 10.1 Å². The number of non-ortho nitro benzene ring substituents is 1. The van der Waals surface area contributed by atoms with E-state index < -0.39 is 4.92 Å². The van der Waals surface area contributed by atoms with Crippen molar-refractivity contribution in [3.63, 3.8) is 0 Å². The summed E-state index contributed by atoms with van der Waals surface area (Å²) in [6.07, 6.45) is 4.23. The third-order valence-electron chi connectivity index (χ3n) is 4.27. The highest BCUT2D eigenvalue weighted by Crippen LogP contribution is 2.17. The molecule has 132 valence electrons. The normalized spacial score (nSPS) is 15.0. The van der Waals surface area contributed by atoms with Crippen molar-refractivity contribution in [2.24, 2.45) is 0 Å². The van der Waals surface area contributed by atoms with Crippen LogP contribution in [0.15, 0.2) is 30.5 Å². The molecule has 0 aliphatic carbocycles. The maximum atomic E-state index is 12.1. The first-order chi connectivity index (χ1) is 12.1. The van der Waals surface area contributed by atoms with Crippen LogP contribution in [0.4, 0.5) is 5.69 Å². The van der Waals surface area contributed by atoms with Crippen LogP contribution >= 0.6 is 0 Å². The summed E-state index contributed by atoms with van der Waals surface area (Å²) in [5.74, 6) is -0.262. The summed E-state index contributed by atoms with van der Waals surface area (Å²) in [7, 11) is 0. The van der Waals surface area contributed by atoms with Gasteiger partial charge in [-0.05, 0) is 37.9 Å². The Kier molecular flexibility index (Phi) is 5.34. The summed E-state index contributed by atoms with van der Waals surface area (Å²) in [5, 5.41) is 24.7. The second kappa shape index (κ2) is 7.84. The number of aromatic nitrogens is 3. The number of piperidine rings is 1. The fourth-order valence-corrected chi connectivity index (χ4v) is 2.83. The molecule has 25 heavy (non-hydrogen) atoms. The highest BCUT2D eigenvalue weighted by Gasteiger charge is 2.18. The van der Waals surface area contributed by atoms with Gasteiger partial charge in [-0.1, -0.05) is 17.3 Å². The van der Waals surface area contributed by atoms with Crippen LogP contribution in [0.1, 0.15) is 34.9 Å². The maximum absolute atomic E-state index is 12.1. The van der Waals surface area contributed by atoms with Gasteiger partial charge in [0.2, 0.25) is 0 Å². The smallest absolute Gasteiger partial charge is 0.273 e. The molecule has 1 fully saturated rings. The van der Waals surface area contributed by atoms with Crippen molar-refractivity contribution in [2.75, 3.05) is 19.6 Å². The first kappa shape index (κ1) is 17.0. The molecule has 2 N–H and O–H groups in total. The van der Waals surface area contributed by atoms with Crippen molar-refractivity contribution < 1.29 is 9.72 Å². The third kappa shape index (κ3) is 4.38. The van der Waals surface area contributed by atoms with Crippen LogP contribution in [0.5, 0.6) is 0 Å². The Morgan fingerprint density at radius 1 is 1.32 bits per heavy atom. The van der Waals surface area contributed by atoms with Gasteiger partial charge in [-0.2, -0.15) is 0 Å². The number of amides is 1. The highest BCUT2D eigenvalue weighted by molar-refractivity contribution is 5.91. The van der Waals surface area contributed by atoms with Gasteiger partial charge in [0.15, 0.2) is 5.69 Å². The lowest BCUT2D eigenvalue weighted by Crippen LogP contribution is -2.29. The van der Waals surface area contributed by atoms with E-state index in [1.807, 2.05) is 0 Å². The number of nitrogens with one attached hydrogen (secondary N) is 2. The zero-order valence-corrected chi connectivity index (χ0v) is 13.7. The van der Waals surface area contributed by atoms with Crippen LogP contribution in [0.2, 0.25) is 0 Å². The van der Waals surface area contributed by atoms with Crippen LogP contribution in [-0.2, 0) is 6.42 Å². The minimum atomic E-state index is -0.433. The fourth-order valence-electron chi connectivity index (χ4n) is 2.83. The highest BCUT2D eigenvalue weighted by atomic mass is 16.6. The average Bonchev–Trinajstić information content (AvgIpc) is 3.13. The van der Waals surface area contributed by atoms with Crippen molar-refractivity contribution >= 4 is 11.6 Å². The third-order valence-corrected chi connectivity index (χ3v) is 4.27. The van der Waals surface area contributed by atoms with E-state index in [9.17, 15) is 14.9 Å². The lowest BCUT2D eigenvalue weighted by Gasteiger charge is -2.22. The Morgan fingerprint density at radius 3 is 2.72 bits per heavy atom. The molecule has 9 nitrogen and oxygen atoms in total. The molecule has 2 aromatic rings. The molecule has 1 saturated heterocycles. The molecule has 9 heteroatoms. The second-order valence-electron chi connectivity index (χ2n) is 5.99. The van der Waals surface area contributed by atoms with Gasteiger partial charge in [0, 0.05) is 18.7 Å². The SMILES string of the molecule is O=C(NCCc1ccc([N+](=O)[O-])cc1)c1cn(C2CCNCC2)nn1. The van der Waals surface area contributed by atoms with Crippen molar-refractivity contribution in [3.05, 3.63) is 51.8 Å². The molecular weight excluding hydrogens is 324 g/mol. The van der Waals surface area contributed by atoms with Crippen molar-refractivity contribution in [1.29, 1.82) is 0 Å². The quantitative estimate of drug-likeness (QED) is 0.598. The van der Waals surface area contributed by atoms with Crippen molar-refractivity contribution in [1.82, 2.24) is 25.6 Å². The number of carbonyl (C=O) groups excluding carboxylic acids is 1. The topological polar surface area (TPSA) is 115 Å². The van der Waals surface area contributed by atoms with Gasteiger partial charge in [0.1, 0.15) is 0 Å². The van der Waals surface area contributed by atoms with E-state index >= 15 is 0 Å². The Hall–Kier alpha value is -2.81. The van der Waals surface area contributed by atoms with Gasteiger partial charge >= 0.3 is 0 Å². The number of hydrogen-bond acceptors (Lipinski definition) is 6. The number of carbonyl (C=O) groups is 1. The van der Waals surface area contributed by atoms with Gasteiger partial charge < -0.3 is 10.6 Å². The summed E-state index contributed by atoms with van der Waals surface area (Å²) in [6.45, 7) is 2.32. The molecular formula is C16H20N6O3. The number of nitrogens with zero attached hydrogens (tertiary/aromatic N) is 4. The van der Waals surface area contributed by atoms with Crippen LogP contribution in [-0.4, -0.2) is 45.5 Å². The molecule has 0 bridgehead atoms. The number of benzene rings is 1. The predicted molar refractivity (Wildman–Crippen MR) is 90.3 cm³/mol. The van der Waals surface area contributed by atoms with E-state index in [0.29, 0.717) is 18.7 Å². The number of nitro benzene ring substituents is 1. The Morgan fingerprint density at radius 2 is 2.04 bits per heavy atom. The van der Waals surface area contributed by atoms with Crippen LogP contribution < -0.4 is 10.6 Å². The summed E-state index contributed by atoms with van der Waals surface area (Å²) < 4.78 is 1.77. The van der Waals surface area contributed by atoms with Gasteiger partial charge in [-0.3, -0.25) is 14.9 Å². The van der Waals surface area contributed by atoms with E-state index in [2.05, 4.69) is 20.9 Å². The van der Waals surface area contributed by atoms with E-state index in [-0.39, 0.29) is 17.6 Å². The molecule has 1 aromatic heterocycles. The largest absolute Gasteiger partial charge is 0.350 e. The zero-order chi connectivity index (χ0) is 17.6. The molecule has 3 rings (SSSR count). The molecule has 1 amide bonds. The molecule has 1 aliphatic heterocycles. The lowest BCUT2D eigenvalue weighted by atomic mass is 10.1. The first-order valence-electron chi connectivity index (χ1n) is 8.27. The minimum Gasteiger partial charge on any atom is -0.350 e. The van der Waals surface area contributed by atoms with Gasteiger partial charge in [0.25, 0.3) is 11.6 Å². The van der Waals surface area contributed by atoms with Crippen molar-refractivity contribution in [3.8, 4) is 0 Å². The fraction of sp³-hybridized carbons (Fsp3) is 0.438. The van der Waals surface area contributed by atoms with E-state index in [1.165, 1.54) is 12.1 Å². The van der Waals surface area contributed by atoms with E-state index in [4.69, 9.17) is 0 Å². The summed E-state index contributed by atoms with van der Waals surface area (Å²) in [5.41, 5.74) is 1.29. The van der Waals surface area contributed by atoms with Gasteiger partial charge in [0.05, 0.1) is 17.2 Å². The molecule has 0 radical (unpaired) electrons. The second-order valence-corrected chi connectivity index (χ2v) is 5.99. The molecule has 0 saturated carbocycles. The Balaban J connectivity index is 1.49. The minimum absolute atomic E-state index is 0.0577. The average molecular weight is 344 g/mol. The molecule has 0 spiro atoms. The molecule has 1 aromatic carbocycles. The Labute approximate surface area is 144 Å². The molecule has 0 unspecified atom stereocenters. The van der Waals surface area contributed by atoms with Gasteiger partial charge in [-0.15, -0.1) is 5.10 Å². The predicted octanol–water partition coefficient (Wildman–Crippen LogP) is 1.08. The lowest BCUT2D eigenvalue weighted by molar-refractivity contribution is -0.384. The molecule has 0 atom stereocenters. The molecule has 1 aliphatic rings. The van der Waals surface area contributed by atoms with Crippen LogP contribution in [0.3, 0.4) is 0 Å². The van der Waals surface area contributed by atoms with Crippen molar-refractivity contribution in [2.45, 2.75) is 25.3 Å². The Bertz CT molecular complexity index is 737. The summed E-state index contributed by atoms with van der Waals surface area (Å²) >= 11 is 0. The maximum Gasteiger partial charge on any atom is 0.273 e. The number of hydrogen-bond donors (Lipinski definition) is 2. The van der Waals surface area contributed by atoms with Crippen LogP contribution in [0.25, 0.3) is 0 Å².